The van der Waals surface area contributed by atoms with Gasteiger partial charge in [0, 0.05) is 0 Å². The van der Waals surface area contributed by atoms with Crippen molar-refractivity contribution in [2.24, 2.45) is 0 Å². The normalized spacial score (nSPS) is 10.6. The Balaban J connectivity index is 2.56. The van der Waals surface area contributed by atoms with Crippen LogP contribution in [0.3, 0.4) is 0 Å². The van der Waals surface area contributed by atoms with Crippen molar-refractivity contribution >= 4 is 49.3 Å². The summed E-state index contributed by atoms with van der Waals surface area (Å²) in [5.41, 5.74) is 6.68. The summed E-state index contributed by atoms with van der Waals surface area (Å²) in [6.45, 7) is 2.06. The molecule has 0 amide bonds. The number of fused-ring (bicyclic) bond motifs is 1. The third kappa shape index (κ3) is 1.88. The van der Waals surface area contributed by atoms with Crippen molar-refractivity contribution in [3.63, 3.8) is 0 Å². The number of nitrogens with zero attached hydrogens (tertiary/aromatic N) is 2. The number of nitrogen functional groups attached to an aromatic ring is 1. The molecule has 2 heterocycles. The summed E-state index contributed by atoms with van der Waals surface area (Å²) in [5, 5.41) is 0. The third-order valence-corrected chi connectivity index (χ3v) is 3.33. The van der Waals surface area contributed by atoms with E-state index < -0.39 is 5.97 Å². The predicted molar refractivity (Wildman–Crippen MR) is 65.5 cm³/mol. The van der Waals surface area contributed by atoms with Gasteiger partial charge in [-0.15, -0.1) is 11.3 Å². The second-order valence-electron chi connectivity index (χ2n) is 2.91. The maximum atomic E-state index is 11.6. The molecule has 84 valence electrons. The molecule has 2 N–H and O–H groups in total. The van der Waals surface area contributed by atoms with E-state index in [4.69, 9.17) is 10.5 Å². The number of carbonyl (C=O) groups is 1. The first-order valence-electron chi connectivity index (χ1n) is 4.51. The number of anilines is 1. The van der Waals surface area contributed by atoms with Crippen LogP contribution in [0, 0.1) is 0 Å². The van der Waals surface area contributed by atoms with Crippen LogP contribution in [-0.4, -0.2) is 22.5 Å². The summed E-state index contributed by atoms with van der Waals surface area (Å²) in [7, 11) is 0. The molecular weight excluding hydrogens is 294 g/mol. The van der Waals surface area contributed by atoms with Gasteiger partial charge in [0.1, 0.15) is 19.8 Å². The molecule has 0 spiro atoms. The van der Waals surface area contributed by atoms with Gasteiger partial charge in [-0.05, 0) is 22.9 Å². The molecule has 2 rings (SSSR count). The van der Waals surface area contributed by atoms with E-state index in [9.17, 15) is 4.79 Å². The van der Waals surface area contributed by atoms with Gasteiger partial charge in [-0.25, -0.2) is 14.8 Å². The van der Waals surface area contributed by atoms with Crippen LogP contribution in [0.2, 0.25) is 0 Å². The molecule has 0 aliphatic rings. The van der Waals surface area contributed by atoms with Crippen LogP contribution >= 0.6 is 27.3 Å². The molecule has 0 aliphatic carbocycles. The lowest BCUT2D eigenvalue weighted by atomic mass is 10.3. The monoisotopic (exact) mass is 301 g/mol. The SMILES string of the molecule is CCOC(=O)c1sc2ncc(Br)nc2c1N. The first kappa shape index (κ1) is 11.3. The van der Waals surface area contributed by atoms with E-state index in [-0.39, 0.29) is 0 Å². The van der Waals surface area contributed by atoms with Crippen LogP contribution in [0.4, 0.5) is 5.69 Å². The Hall–Kier alpha value is -1.21. The zero-order chi connectivity index (χ0) is 11.7. The highest BCUT2D eigenvalue weighted by atomic mass is 79.9. The highest BCUT2D eigenvalue weighted by Crippen LogP contribution is 2.32. The predicted octanol–water partition coefficient (Wildman–Crippen LogP) is 2.21. The van der Waals surface area contributed by atoms with Gasteiger partial charge in [0.15, 0.2) is 0 Å². The summed E-state index contributed by atoms with van der Waals surface area (Å²) >= 11 is 4.39. The molecular formula is C9H8BrN3O2S. The fourth-order valence-electron chi connectivity index (χ4n) is 1.21. The van der Waals surface area contributed by atoms with E-state index in [0.29, 0.717) is 32.1 Å². The summed E-state index contributed by atoms with van der Waals surface area (Å²) in [6, 6.07) is 0. The maximum Gasteiger partial charge on any atom is 0.350 e. The topological polar surface area (TPSA) is 78.1 Å². The average Bonchev–Trinajstić information content (AvgIpc) is 2.57. The van der Waals surface area contributed by atoms with Gasteiger partial charge in [-0.1, -0.05) is 0 Å². The Labute approximate surface area is 104 Å². The van der Waals surface area contributed by atoms with Crippen LogP contribution < -0.4 is 5.73 Å². The van der Waals surface area contributed by atoms with Crippen LogP contribution in [-0.2, 0) is 4.74 Å². The van der Waals surface area contributed by atoms with Crippen LogP contribution in [0.1, 0.15) is 16.6 Å². The molecule has 5 nitrogen and oxygen atoms in total. The van der Waals surface area contributed by atoms with Gasteiger partial charge < -0.3 is 10.5 Å². The van der Waals surface area contributed by atoms with Gasteiger partial charge in [0.2, 0.25) is 0 Å². The number of rotatable bonds is 2. The summed E-state index contributed by atoms with van der Waals surface area (Å²) in [4.78, 5) is 20.8. The van der Waals surface area contributed by atoms with Crippen LogP contribution in [0.15, 0.2) is 10.8 Å². The van der Waals surface area contributed by atoms with E-state index in [1.807, 2.05) is 0 Å². The number of hydrogen-bond acceptors (Lipinski definition) is 6. The Kier molecular flexibility index (Phi) is 3.06. The fourth-order valence-corrected chi connectivity index (χ4v) is 2.39. The van der Waals surface area contributed by atoms with E-state index in [1.165, 1.54) is 11.3 Å². The zero-order valence-electron chi connectivity index (χ0n) is 8.36. The lowest BCUT2D eigenvalue weighted by molar-refractivity contribution is 0.0533. The second-order valence-corrected chi connectivity index (χ2v) is 4.72. The molecule has 7 heteroatoms. The molecule has 0 aliphatic heterocycles. The van der Waals surface area contributed by atoms with Crippen LogP contribution in [0.5, 0.6) is 0 Å². The van der Waals surface area contributed by atoms with E-state index in [2.05, 4.69) is 25.9 Å². The number of esters is 1. The molecule has 16 heavy (non-hydrogen) atoms. The maximum absolute atomic E-state index is 11.6. The van der Waals surface area contributed by atoms with Gasteiger partial charge in [0.05, 0.1) is 18.5 Å². The molecule has 0 aromatic carbocycles. The van der Waals surface area contributed by atoms with Crippen LogP contribution in [0.25, 0.3) is 10.3 Å². The molecule has 2 aromatic rings. The number of aromatic nitrogens is 2. The summed E-state index contributed by atoms with van der Waals surface area (Å²) in [5.74, 6) is -0.430. The number of hydrogen-bond donors (Lipinski definition) is 1. The average molecular weight is 302 g/mol. The summed E-state index contributed by atoms with van der Waals surface area (Å²) < 4.78 is 5.48. The van der Waals surface area contributed by atoms with E-state index >= 15 is 0 Å². The van der Waals surface area contributed by atoms with E-state index in [0.717, 1.165) is 0 Å². The summed E-state index contributed by atoms with van der Waals surface area (Å²) in [6.07, 6.45) is 1.56. The van der Waals surface area contributed by atoms with Crippen molar-refractivity contribution in [1.82, 2.24) is 9.97 Å². The Morgan fingerprint density at radius 1 is 1.69 bits per heavy atom. The zero-order valence-corrected chi connectivity index (χ0v) is 10.8. The van der Waals surface area contributed by atoms with Crippen molar-refractivity contribution in [3.8, 4) is 0 Å². The van der Waals surface area contributed by atoms with Gasteiger partial charge in [-0.2, -0.15) is 0 Å². The van der Waals surface area contributed by atoms with E-state index in [1.54, 1.807) is 13.1 Å². The van der Waals surface area contributed by atoms with Gasteiger partial charge in [-0.3, -0.25) is 0 Å². The van der Waals surface area contributed by atoms with Crippen molar-refractivity contribution in [2.45, 2.75) is 6.92 Å². The molecule has 0 radical (unpaired) electrons. The second kappa shape index (κ2) is 4.34. The third-order valence-electron chi connectivity index (χ3n) is 1.87. The van der Waals surface area contributed by atoms with Crippen molar-refractivity contribution in [3.05, 3.63) is 15.7 Å². The van der Waals surface area contributed by atoms with Gasteiger partial charge >= 0.3 is 5.97 Å². The first-order valence-corrected chi connectivity index (χ1v) is 6.12. The minimum atomic E-state index is -0.430. The minimum absolute atomic E-state index is 0.317. The number of nitrogens with two attached hydrogens (primary N) is 1. The highest BCUT2D eigenvalue weighted by Gasteiger charge is 2.19. The number of thiophene rings is 1. The Bertz CT molecular complexity index is 555. The van der Waals surface area contributed by atoms with Crippen molar-refractivity contribution < 1.29 is 9.53 Å². The molecule has 0 atom stereocenters. The number of carbonyl (C=O) groups excluding carboxylic acids is 1. The smallest absolute Gasteiger partial charge is 0.350 e. The lowest BCUT2D eigenvalue weighted by Crippen LogP contribution is -2.04. The van der Waals surface area contributed by atoms with Crippen molar-refractivity contribution in [2.75, 3.05) is 12.3 Å². The highest BCUT2D eigenvalue weighted by molar-refractivity contribution is 9.10. The first-order chi connectivity index (χ1) is 7.63. The minimum Gasteiger partial charge on any atom is -0.462 e. The molecule has 0 bridgehead atoms. The molecule has 0 saturated carbocycles. The lowest BCUT2D eigenvalue weighted by Gasteiger charge is -1.98. The number of halogens is 1. The molecule has 0 fully saturated rings. The molecule has 2 aromatic heterocycles. The standard InChI is InChI=1S/C9H8BrN3O2S/c1-2-15-9(14)7-5(11)6-8(16-7)12-3-4(10)13-6/h3H,2,11H2,1H3. The molecule has 0 saturated heterocycles. The van der Waals surface area contributed by atoms with Gasteiger partial charge in [0.25, 0.3) is 0 Å². The largest absolute Gasteiger partial charge is 0.462 e. The van der Waals surface area contributed by atoms with Crippen molar-refractivity contribution in [1.29, 1.82) is 0 Å². The fraction of sp³-hybridized carbons (Fsp3) is 0.222. The number of ether oxygens (including phenoxy) is 1. The Morgan fingerprint density at radius 3 is 3.12 bits per heavy atom. The molecule has 0 unspecified atom stereocenters. The quantitative estimate of drug-likeness (QED) is 0.861. The Morgan fingerprint density at radius 2 is 2.44 bits per heavy atom.